The predicted octanol–water partition coefficient (Wildman–Crippen LogP) is 2.66. The SMILES string of the molecule is CCCN1CCCCC1C(=O)NCCc1nnc(-c2ccccc2)o1. The highest BCUT2D eigenvalue weighted by Gasteiger charge is 2.27. The molecule has 1 N–H and O–H groups in total. The third kappa shape index (κ3) is 4.66. The molecule has 1 aliphatic heterocycles. The lowest BCUT2D eigenvalue weighted by Crippen LogP contribution is -2.50. The second-order valence-electron chi connectivity index (χ2n) is 6.46. The van der Waals surface area contributed by atoms with Gasteiger partial charge in [0.25, 0.3) is 0 Å². The fourth-order valence-electron chi connectivity index (χ4n) is 3.31. The lowest BCUT2D eigenvalue weighted by molar-refractivity contribution is -0.127. The van der Waals surface area contributed by atoms with Gasteiger partial charge in [-0.05, 0) is 44.5 Å². The third-order valence-electron chi connectivity index (χ3n) is 4.55. The lowest BCUT2D eigenvalue weighted by Gasteiger charge is -2.34. The van der Waals surface area contributed by atoms with E-state index in [0.717, 1.165) is 37.9 Å². The summed E-state index contributed by atoms with van der Waals surface area (Å²) in [7, 11) is 0. The first-order valence-electron chi connectivity index (χ1n) is 9.17. The molecule has 1 atom stereocenters. The monoisotopic (exact) mass is 342 g/mol. The minimum atomic E-state index is 0.0104. The molecule has 25 heavy (non-hydrogen) atoms. The van der Waals surface area contributed by atoms with E-state index in [9.17, 15) is 4.79 Å². The van der Waals surface area contributed by atoms with Crippen LogP contribution in [-0.4, -0.2) is 46.7 Å². The number of nitrogens with zero attached hydrogens (tertiary/aromatic N) is 3. The number of rotatable bonds is 7. The van der Waals surface area contributed by atoms with Crippen molar-refractivity contribution in [3.8, 4) is 11.5 Å². The van der Waals surface area contributed by atoms with Crippen LogP contribution in [-0.2, 0) is 11.2 Å². The molecule has 1 unspecified atom stereocenters. The van der Waals surface area contributed by atoms with E-state index in [1.165, 1.54) is 6.42 Å². The minimum Gasteiger partial charge on any atom is -0.421 e. The van der Waals surface area contributed by atoms with Crippen molar-refractivity contribution in [3.63, 3.8) is 0 Å². The Morgan fingerprint density at radius 2 is 2.12 bits per heavy atom. The topological polar surface area (TPSA) is 71.3 Å². The van der Waals surface area contributed by atoms with Crippen molar-refractivity contribution >= 4 is 5.91 Å². The van der Waals surface area contributed by atoms with Gasteiger partial charge in [-0.1, -0.05) is 31.5 Å². The molecule has 1 amide bonds. The van der Waals surface area contributed by atoms with Gasteiger partial charge < -0.3 is 9.73 Å². The molecule has 1 aliphatic rings. The van der Waals surface area contributed by atoms with Gasteiger partial charge in [-0.3, -0.25) is 9.69 Å². The molecule has 1 fully saturated rings. The molecule has 1 saturated heterocycles. The zero-order valence-electron chi connectivity index (χ0n) is 14.8. The minimum absolute atomic E-state index is 0.0104. The normalized spacial score (nSPS) is 18.2. The van der Waals surface area contributed by atoms with E-state index >= 15 is 0 Å². The van der Waals surface area contributed by atoms with Crippen molar-refractivity contribution in [2.24, 2.45) is 0 Å². The van der Waals surface area contributed by atoms with Gasteiger partial charge in [0.05, 0.1) is 6.04 Å². The van der Waals surface area contributed by atoms with E-state index in [-0.39, 0.29) is 11.9 Å². The Bertz CT molecular complexity index is 669. The maximum atomic E-state index is 12.5. The first-order chi connectivity index (χ1) is 12.3. The summed E-state index contributed by atoms with van der Waals surface area (Å²) in [6.07, 6.45) is 4.89. The van der Waals surface area contributed by atoms with E-state index in [4.69, 9.17) is 4.42 Å². The van der Waals surface area contributed by atoms with Crippen LogP contribution in [0.3, 0.4) is 0 Å². The van der Waals surface area contributed by atoms with Gasteiger partial charge in [0.1, 0.15) is 0 Å². The van der Waals surface area contributed by atoms with Gasteiger partial charge in [-0.15, -0.1) is 10.2 Å². The number of hydrogen-bond acceptors (Lipinski definition) is 5. The van der Waals surface area contributed by atoms with Crippen LogP contribution in [0.4, 0.5) is 0 Å². The maximum Gasteiger partial charge on any atom is 0.247 e. The van der Waals surface area contributed by atoms with Crippen molar-refractivity contribution in [2.45, 2.75) is 45.1 Å². The van der Waals surface area contributed by atoms with Gasteiger partial charge in [0, 0.05) is 18.5 Å². The molecular formula is C19H26N4O2. The molecule has 1 aromatic heterocycles. The van der Waals surface area contributed by atoms with Gasteiger partial charge in [-0.25, -0.2) is 0 Å². The fraction of sp³-hybridized carbons (Fsp3) is 0.526. The molecule has 6 nitrogen and oxygen atoms in total. The number of carbonyl (C=O) groups excluding carboxylic acids is 1. The summed E-state index contributed by atoms with van der Waals surface area (Å²) in [6, 6.07) is 9.70. The summed E-state index contributed by atoms with van der Waals surface area (Å²) in [5.41, 5.74) is 0.905. The van der Waals surface area contributed by atoms with E-state index in [1.54, 1.807) is 0 Å². The Hall–Kier alpha value is -2.21. The molecule has 134 valence electrons. The van der Waals surface area contributed by atoms with Crippen LogP contribution in [0.2, 0.25) is 0 Å². The first kappa shape index (κ1) is 17.6. The maximum absolute atomic E-state index is 12.5. The summed E-state index contributed by atoms with van der Waals surface area (Å²) >= 11 is 0. The van der Waals surface area contributed by atoms with E-state index < -0.39 is 0 Å². The Balaban J connectivity index is 1.49. The number of nitrogens with one attached hydrogen (secondary N) is 1. The first-order valence-corrected chi connectivity index (χ1v) is 9.17. The molecule has 0 spiro atoms. The summed E-state index contributed by atoms with van der Waals surface area (Å²) in [5.74, 6) is 1.19. The lowest BCUT2D eigenvalue weighted by atomic mass is 10.0. The van der Waals surface area contributed by atoms with Crippen LogP contribution in [0.25, 0.3) is 11.5 Å². The molecule has 0 aliphatic carbocycles. The highest BCUT2D eigenvalue weighted by Crippen LogP contribution is 2.18. The number of amides is 1. The Labute approximate surface area is 148 Å². The number of carbonyl (C=O) groups is 1. The van der Waals surface area contributed by atoms with Gasteiger partial charge in [-0.2, -0.15) is 0 Å². The van der Waals surface area contributed by atoms with Crippen LogP contribution >= 0.6 is 0 Å². The highest BCUT2D eigenvalue weighted by molar-refractivity contribution is 5.81. The fourth-order valence-corrected chi connectivity index (χ4v) is 3.31. The van der Waals surface area contributed by atoms with E-state index in [0.29, 0.717) is 24.7 Å². The van der Waals surface area contributed by atoms with E-state index in [2.05, 4.69) is 27.3 Å². The van der Waals surface area contributed by atoms with E-state index in [1.807, 2.05) is 30.3 Å². The molecule has 2 heterocycles. The van der Waals surface area contributed by atoms with Crippen molar-refractivity contribution < 1.29 is 9.21 Å². The van der Waals surface area contributed by atoms with Gasteiger partial charge in [0.15, 0.2) is 0 Å². The summed E-state index contributed by atoms with van der Waals surface area (Å²) in [5, 5.41) is 11.2. The van der Waals surface area contributed by atoms with Crippen LogP contribution in [0.1, 0.15) is 38.5 Å². The Kier molecular flexibility index (Phi) is 6.17. The standard InChI is InChI=1S/C19H26N4O2/c1-2-13-23-14-7-6-10-16(23)18(24)20-12-11-17-21-22-19(25-17)15-8-4-3-5-9-15/h3-5,8-9,16H,2,6-7,10-14H2,1H3,(H,20,24). The Morgan fingerprint density at radius 1 is 1.28 bits per heavy atom. The zero-order valence-corrected chi connectivity index (χ0v) is 14.8. The number of benzene rings is 1. The zero-order chi connectivity index (χ0) is 17.5. The molecule has 1 aromatic carbocycles. The summed E-state index contributed by atoms with van der Waals surface area (Å²) < 4.78 is 5.67. The quantitative estimate of drug-likeness (QED) is 0.837. The molecule has 0 radical (unpaired) electrons. The third-order valence-corrected chi connectivity index (χ3v) is 4.55. The molecule has 6 heteroatoms. The second-order valence-corrected chi connectivity index (χ2v) is 6.46. The second kappa shape index (κ2) is 8.76. The largest absolute Gasteiger partial charge is 0.421 e. The van der Waals surface area contributed by atoms with Crippen LogP contribution in [0.15, 0.2) is 34.7 Å². The molecule has 3 rings (SSSR count). The molecule has 0 saturated carbocycles. The van der Waals surface area contributed by atoms with Crippen LogP contribution in [0.5, 0.6) is 0 Å². The van der Waals surface area contributed by atoms with Crippen LogP contribution < -0.4 is 5.32 Å². The summed E-state index contributed by atoms with van der Waals surface area (Å²) in [6.45, 7) is 4.69. The average Bonchev–Trinajstić information content (AvgIpc) is 3.12. The molecular weight excluding hydrogens is 316 g/mol. The van der Waals surface area contributed by atoms with Crippen molar-refractivity contribution in [3.05, 3.63) is 36.2 Å². The van der Waals surface area contributed by atoms with Crippen LogP contribution in [0, 0.1) is 0 Å². The Morgan fingerprint density at radius 3 is 2.92 bits per heavy atom. The highest BCUT2D eigenvalue weighted by atomic mass is 16.4. The predicted molar refractivity (Wildman–Crippen MR) is 96.0 cm³/mol. The summed E-state index contributed by atoms with van der Waals surface area (Å²) in [4.78, 5) is 14.8. The smallest absolute Gasteiger partial charge is 0.247 e. The molecule has 0 bridgehead atoms. The van der Waals surface area contributed by atoms with Crippen molar-refractivity contribution in [1.82, 2.24) is 20.4 Å². The van der Waals surface area contributed by atoms with Gasteiger partial charge >= 0.3 is 0 Å². The average molecular weight is 342 g/mol. The number of piperidine rings is 1. The number of hydrogen-bond donors (Lipinski definition) is 1. The van der Waals surface area contributed by atoms with Crippen molar-refractivity contribution in [1.29, 1.82) is 0 Å². The number of aromatic nitrogens is 2. The van der Waals surface area contributed by atoms with Gasteiger partial charge in [0.2, 0.25) is 17.7 Å². The van der Waals surface area contributed by atoms with Crippen molar-refractivity contribution in [2.75, 3.05) is 19.6 Å². The number of likely N-dealkylation sites (tertiary alicyclic amines) is 1. The molecule has 2 aromatic rings.